The Labute approximate surface area is 112 Å². The minimum absolute atomic E-state index is 0.229. The first-order valence-electron chi connectivity index (χ1n) is 5.53. The third kappa shape index (κ3) is 1.96. The van der Waals surface area contributed by atoms with Crippen molar-refractivity contribution in [2.45, 2.75) is 0 Å². The lowest BCUT2D eigenvalue weighted by molar-refractivity contribution is 0.0689. The van der Waals surface area contributed by atoms with E-state index < -0.39 is 5.97 Å². The molecule has 1 N–H and O–H groups in total. The fourth-order valence-corrected chi connectivity index (χ4v) is 2.69. The maximum absolute atomic E-state index is 11.0. The molecule has 0 aliphatic heterocycles. The highest BCUT2D eigenvalue weighted by Gasteiger charge is 2.13. The third-order valence-electron chi connectivity index (χ3n) is 2.81. The van der Waals surface area contributed by atoms with Crippen molar-refractivity contribution in [2.24, 2.45) is 0 Å². The number of carboxylic acids is 1. The van der Waals surface area contributed by atoms with Crippen molar-refractivity contribution in [1.82, 2.24) is 9.38 Å². The maximum atomic E-state index is 11.0. The molecule has 5 nitrogen and oxygen atoms in total. The van der Waals surface area contributed by atoms with Crippen molar-refractivity contribution in [3.63, 3.8) is 0 Å². The number of carboxylic acid groups (broad SMARTS) is 1. The van der Waals surface area contributed by atoms with Gasteiger partial charge in [-0.3, -0.25) is 4.40 Å². The molecule has 0 saturated carbocycles. The number of nitrogens with zero attached hydrogens (tertiary/aromatic N) is 2. The molecule has 6 heteroatoms. The molecule has 1 aromatic carbocycles. The zero-order chi connectivity index (χ0) is 13.4. The van der Waals surface area contributed by atoms with Crippen LogP contribution >= 0.6 is 11.3 Å². The van der Waals surface area contributed by atoms with E-state index >= 15 is 0 Å². The Hall–Kier alpha value is -2.34. The Balaban J connectivity index is 2.07. The molecule has 2 heterocycles. The van der Waals surface area contributed by atoms with Gasteiger partial charge in [0.15, 0.2) is 4.96 Å². The summed E-state index contributed by atoms with van der Waals surface area (Å²) in [5, 5.41) is 10.6. The average molecular weight is 274 g/mol. The monoisotopic (exact) mass is 274 g/mol. The van der Waals surface area contributed by atoms with E-state index in [0.29, 0.717) is 4.96 Å². The summed E-state index contributed by atoms with van der Waals surface area (Å²) in [6.07, 6.45) is 1.73. The summed E-state index contributed by atoms with van der Waals surface area (Å²) in [5.41, 5.74) is 1.90. The van der Waals surface area contributed by atoms with Crippen LogP contribution in [0.4, 0.5) is 0 Å². The van der Waals surface area contributed by atoms with Gasteiger partial charge >= 0.3 is 5.97 Å². The third-order valence-corrected chi connectivity index (χ3v) is 3.65. The van der Waals surface area contributed by atoms with Crippen LogP contribution in [0.2, 0.25) is 0 Å². The van der Waals surface area contributed by atoms with E-state index in [1.807, 2.05) is 24.3 Å². The van der Waals surface area contributed by atoms with E-state index in [2.05, 4.69) is 4.98 Å². The van der Waals surface area contributed by atoms with Crippen molar-refractivity contribution < 1.29 is 14.6 Å². The zero-order valence-electron chi connectivity index (χ0n) is 10.0. The highest BCUT2D eigenvalue weighted by molar-refractivity contribution is 7.15. The van der Waals surface area contributed by atoms with Crippen molar-refractivity contribution in [2.75, 3.05) is 7.11 Å². The molecule has 0 radical (unpaired) electrons. The van der Waals surface area contributed by atoms with E-state index in [9.17, 15) is 4.79 Å². The van der Waals surface area contributed by atoms with E-state index in [4.69, 9.17) is 9.84 Å². The van der Waals surface area contributed by atoms with Gasteiger partial charge in [0.2, 0.25) is 0 Å². The van der Waals surface area contributed by atoms with Gasteiger partial charge in [0.1, 0.15) is 11.4 Å². The van der Waals surface area contributed by atoms with E-state index in [0.717, 1.165) is 17.0 Å². The fraction of sp³-hybridized carbons (Fsp3) is 0.0769. The molecule has 3 rings (SSSR count). The number of carbonyl (C=O) groups is 1. The van der Waals surface area contributed by atoms with Gasteiger partial charge < -0.3 is 9.84 Å². The number of hydrogen-bond acceptors (Lipinski definition) is 4. The topological polar surface area (TPSA) is 63.8 Å². The van der Waals surface area contributed by atoms with Gasteiger partial charge in [0.05, 0.1) is 12.8 Å². The predicted molar refractivity (Wildman–Crippen MR) is 72.0 cm³/mol. The molecule has 0 bridgehead atoms. The number of thiazole rings is 1. The van der Waals surface area contributed by atoms with Gasteiger partial charge in [-0.2, -0.15) is 0 Å². The van der Waals surface area contributed by atoms with Crippen LogP contribution < -0.4 is 4.74 Å². The molecular formula is C13H10N2O3S. The Bertz CT molecular complexity index is 743. The molecule has 0 unspecified atom stereocenters. The van der Waals surface area contributed by atoms with Gasteiger partial charge in [0.25, 0.3) is 0 Å². The molecule has 0 aliphatic carbocycles. The molecule has 0 aliphatic rings. The lowest BCUT2D eigenvalue weighted by Crippen LogP contribution is -1.99. The number of methoxy groups -OCH3 is 1. The normalized spacial score (nSPS) is 10.8. The Morgan fingerprint density at radius 3 is 2.74 bits per heavy atom. The smallest absolute Gasteiger partial charge is 0.353 e. The first kappa shape index (κ1) is 11.7. The van der Waals surface area contributed by atoms with Crippen LogP contribution in [0, 0.1) is 0 Å². The lowest BCUT2D eigenvalue weighted by atomic mass is 10.2. The standard InChI is InChI=1S/C13H10N2O3S/c1-18-9-4-2-8(3-5-9)10-6-15-11(12(16)17)7-19-13(15)14-10/h2-7H,1H3,(H,16,17). The van der Waals surface area contributed by atoms with Gasteiger partial charge in [0, 0.05) is 17.1 Å². The molecule has 0 saturated heterocycles. The van der Waals surface area contributed by atoms with Crippen molar-refractivity contribution >= 4 is 22.3 Å². The summed E-state index contributed by atoms with van der Waals surface area (Å²) in [7, 11) is 1.61. The first-order valence-corrected chi connectivity index (χ1v) is 6.41. The van der Waals surface area contributed by atoms with Gasteiger partial charge in [-0.25, -0.2) is 9.78 Å². The van der Waals surface area contributed by atoms with Gasteiger partial charge in [-0.15, -0.1) is 11.3 Å². The average Bonchev–Trinajstić information content (AvgIpc) is 2.98. The minimum Gasteiger partial charge on any atom is -0.497 e. The maximum Gasteiger partial charge on any atom is 0.353 e. The molecule has 3 aromatic rings. The van der Waals surface area contributed by atoms with Crippen LogP contribution in [0.15, 0.2) is 35.8 Å². The van der Waals surface area contributed by atoms with E-state index in [-0.39, 0.29) is 5.69 Å². The summed E-state index contributed by atoms with van der Waals surface area (Å²) in [4.78, 5) is 16.1. The predicted octanol–water partition coefficient (Wildman–Crippen LogP) is 2.77. The Kier molecular flexibility index (Phi) is 2.72. The first-order chi connectivity index (χ1) is 9.19. The van der Waals surface area contributed by atoms with Crippen molar-refractivity contribution in [3.05, 3.63) is 41.5 Å². The quantitative estimate of drug-likeness (QED) is 0.797. The molecule has 19 heavy (non-hydrogen) atoms. The van der Waals surface area contributed by atoms with E-state index in [1.165, 1.54) is 11.3 Å². The SMILES string of the molecule is COc1ccc(-c2cn3c(C(=O)O)csc3n2)cc1. The molecule has 0 atom stereocenters. The number of aromatic nitrogens is 2. The second-order valence-corrected chi connectivity index (χ2v) is 4.77. The summed E-state index contributed by atoms with van der Waals surface area (Å²) >= 11 is 1.31. The van der Waals surface area contributed by atoms with Crippen molar-refractivity contribution in [3.8, 4) is 17.0 Å². The number of fused-ring (bicyclic) bond motifs is 1. The Morgan fingerprint density at radius 2 is 2.11 bits per heavy atom. The van der Waals surface area contributed by atoms with Crippen LogP contribution in [-0.2, 0) is 0 Å². The van der Waals surface area contributed by atoms with Crippen LogP contribution in [-0.4, -0.2) is 27.6 Å². The Morgan fingerprint density at radius 1 is 1.37 bits per heavy atom. The minimum atomic E-state index is -0.954. The number of imidazole rings is 1. The summed E-state index contributed by atoms with van der Waals surface area (Å²) in [5.74, 6) is -0.180. The van der Waals surface area contributed by atoms with Crippen LogP contribution in [0.1, 0.15) is 10.5 Å². The van der Waals surface area contributed by atoms with Gasteiger partial charge in [-0.05, 0) is 24.3 Å². The number of hydrogen-bond donors (Lipinski definition) is 1. The van der Waals surface area contributed by atoms with Crippen LogP contribution in [0.25, 0.3) is 16.2 Å². The number of aromatic carboxylic acids is 1. The summed E-state index contributed by atoms with van der Waals surface area (Å²) < 4.78 is 6.69. The molecule has 2 aromatic heterocycles. The number of ether oxygens (including phenoxy) is 1. The van der Waals surface area contributed by atoms with Crippen molar-refractivity contribution in [1.29, 1.82) is 0 Å². The zero-order valence-corrected chi connectivity index (χ0v) is 10.8. The van der Waals surface area contributed by atoms with Crippen LogP contribution in [0.5, 0.6) is 5.75 Å². The number of rotatable bonds is 3. The second-order valence-electron chi connectivity index (χ2n) is 3.93. The molecule has 0 amide bonds. The summed E-state index contributed by atoms with van der Waals surface area (Å²) in [6.45, 7) is 0. The van der Waals surface area contributed by atoms with Gasteiger partial charge in [-0.1, -0.05) is 0 Å². The highest BCUT2D eigenvalue weighted by atomic mass is 32.1. The largest absolute Gasteiger partial charge is 0.497 e. The molecule has 0 spiro atoms. The van der Waals surface area contributed by atoms with E-state index in [1.54, 1.807) is 23.1 Å². The summed E-state index contributed by atoms with van der Waals surface area (Å²) in [6, 6.07) is 7.49. The molecular weight excluding hydrogens is 264 g/mol. The molecule has 96 valence electrons. The lowest BCUT2D eigenvalue weighted by Gasteiger charge is -2.00. The fourth-order valence-electron chi connectivity index (χ4n) is 1.84. The highest BCUT2D eigenvalue weighted by Crippen LogP contribution is 2.25. The van der Waals surface area contributed by atoms with Crippen LogP contribution in [0.3, 0.4) is 0 Å². The number of benzene rings is 1. The molecule has 0 fully saturated rings. The second kappa shape index (κ2) is 4.40.